The smallest absolute Gasteiger partial charge is 0.107 e. The highest BCUT2D eigenvalue weighted by atomic mass is 16.5. The summed E-state index contributed by atoms with van der Waals surface area (Å²) in [6, 6.07) is 0. The van der Waals surface area contributed by atoms with Crippen LogP contribution in [0, 0.1) is 0 Å². The summed E-state index contributed by atoms with van der Waals surface area (Å²) < 4.78 is 5.24. The van der Waals surface area contributed by atoms with Gasteiger partial charge in [-0.2, -0.15) is 0 Å². The Morgan fingerprint density at radius 2 is 1.75 bits per heavy atom. The molecule has 0 aromatic rings. The molecular weight excluding hydrogens is 208 g/mol. The minimum Gasteiger partial charge on any atom is -0.391 e. The van der Waals surface area contributed by atoms with E-state index in [-0.39, 0.29) is 6.10 Å². The first-order valence-electron chi connectivity index (χ1n) is 5.84. The van der Waals surface area contributed by atoms with Gasteiger partial charge in [0.2, 0.25) is 0 Å². The molecule has 2 N–H and O–H groups in total. The van der Waals surface area contributed by atoms with E-state index >= 15 is 0 Å². The van der Waals surface area contributed by atoms with Gasteiger partial charge in [-0.1, -0.05) is 0 Å². The van der Waals surface area contributed by atoms with Crippen LogP contribution >= 0.6 is 0 Å². The number of aliphatic hydroxyl groups is 2. The second kappa shape index (κ2) is 6.51. The molecule has 0 saturated carbocycles. The fourth-order valence-corrected chi connectivity index (χ4v) is 1.92. The molecule has 5 nitrogen and oxygen atoms in total. The lowest BCUT2D eigenvalue weighted by atomic mass is 10.1. The van der Waals surface area contributed by atoms with Crippen LogP contribution in [0.25, 0.3) is 0 Å². The fourth-order valence-electron chi connectivity index (χ4n) is 1.92. The second-order valence-electron chi connectivity index (χ2n) is 4.61. The molecule has 1 saturated heterocycles. The van der Waals surface area contributed by atoms with Crippen LogP contribution in [0.1, 0.15) is 6.92 Å². The zero-order chi connectivity index (χ0) is 12.1. The lowest BCUT2D eigenvalue weighted by molar-refractivity contribution is -0.0820. The topological polar surface area (TPSA) is 56.2 Å². The molecule has 0 aromatic heterocycles. The molecule has 3 atom stereocenters. The summed E-state index contributed by atoms with van der Waals surface area (Å²) in [5, 5.41) is 19.1. The van der Waals surface area contributed by atoms with Crippen LogP contribution in [0.4, 0.5) is 0 Å². The van der Waals surface area contributed by atoms with Crippen molar-refractivity contribution in [2.45, 2.75) is 25.2 Å². The largest absolute Gasteiger partial charge is 0.391 e. The van der Waals surface area contributed by atoms with Gasteiger partial charge in [0.15, 0.2) is 0 Å². The Labute approximate surface area is 97.6 Å². The maximum Gasteiger partial charge on any atom is 0.107 e. The van der Waals surface area contributed by atoms with Crippen LogP contribution in [0.5, 0.6) is 0 Å². The second-order valence-corrected chi connectivity index (χ2v) is 4.61. The van der Waals surface area contributed by atoms with Gasteiger partial charge in [0.05, 0.1) is 12.2 Å². The number of methoxy groups -OCH3 is 1. The summed E-state index contributed by atoms with van der Waals surface area (Å²) in [5.74, 6) is 0. The average Bonchev–Trinajstić information content (AvgIpc) is 2.27. The van der Waals surface area contributed by atoms with Crippen molar-refractivity contribution in [3.05, 3.63) is 0 Å². The number of hydrogen-bond acceptors (Lipinski definition) is 5. The molecule has 0 aromatic carbocycles. The molecule has 0 amide bonds. The van der Waals surface area contributed by atoms with Gasteiger partial charge in [-0.05, 0) is 14.0 Å². The quantitative estimate of drug-likeness (QED) is 0.636. The van der Waals surface area contributed by atoms with Crippen molar-refractivity contribution in [1.82, 2.24) is 9.80 Å². The molecule has 96 valence electrons. The first-order valence-corrected chi connectivity index (χ1v) is 5.84. The molecule has 16 heavy (non-hydrogen) atoms. The predicted molar refractivity (Wildman–Crippen MR) is 62.4 cm³/mol. The van der Waals surface area contributed by atoms with Gasteiger partial charge in [0.25, 0.3) is 0 Å². The van der Waals surface area contributed by atoms with Gasteiger partial charge in [-0.3, -0.25) is 4.90 Å². The van der Waals surface area contributed by atoms with Crippen molar-refractivity contribution >= 4 is 0 Å². The maximum absolute atomic E-state index is 9.76. The summed E-state index contributed by atoms with van der Waals surface area (Å²) in [6.45, 7) is 6.32. The van der Waals surface area contributed by atoms with Crippen molar-refractivity contribution in [1.29, 1.82) is 0 Å². The Morgan fingerprint density at radius 3 is 2.19 bits per heavy atom. The zero-order valence-corrected chi connectivity index (χ0v) is 10.5. The number of rotatable bonds is 5. The number of likely N-dealkylation sites (N-methyl/N-ethyl adjacent to an activating group) is 1. The lowest BCUT2D eigenvalue weighted by Crippen LogP contribution is -2.51. The van der Waals surface area contributed by atoms with Crippen molar-refractivity contribution in [2.75, 3.05) is 46.9 Å². The Bertz CT molecular complexity index is 194. The SMILES string of the molecule is COC(CN1CCN(C)CC1)C(O)C(C)O. The molecular formula is C11H24N2O3. The summed E-state index contributed by atoms with van der Waals surface area (Å²) in [5.41, 5.74) is 0. The molecule has 0 radical (unpaired) electrons. The average molecular weight is 232 g/mol. The van der Waals surface area contributed by atoms with Gasteiger partial charge < -0.3 is 19.8 Å². The van der Waals surface area contributed by atoms with Crippen molar-refractivity contribution in [3.8, 4) is 0 Å². The van der Waals surface area contributed by atoms with E-state index in [0.29, 0.717) is 6.54 Å². The highest BCUT2D eigenvalue weighted by Crippen LogP contribution is 2.08. The van der Waals surface area contributed by atoms with Gasteiger partial charge >= 0.3 is 0 Å². The van der Waals surface area contributed by atoms with E-state index in [1.54, 1.807) is 14.0 Å². The molecule has 1 aliphatic heterocycles. The molecule has 1 aliphatic rings. The van der Waals surface area contributed by atoms with Crippen LogP contribution in [0.3, 0.4) is 0 Å². The third-order valence-corrected chi connectivity index (χ3v) is 3.21. The van der Waals surface area contributed by atoms with Crippen LogP contribution in [0.2, 0.25) is 0 Å². The van der Waals surface area contributed by atoms with E-state index in [2.05, 4.69) is 16.8 Å². The normalized spacial score (nSPS) is 25.3. The van der Waals surface area contributed by atoms with Crippen molar-refractivity contribution in [3.63, 3.8) is 0 Å². The van der Waals surface area contributed by atoms with Gasteiger partial charge in [-0.25, -0.2) is 0 Å². The minimum atomic E-state index is -0.815. The van der Waals surface area contributed by atoms with Crippen molar-refractivity contribution in [2.24, 2.45) is 0 Å². The van der Waals surface area contributed by atoms with E-state index in [1.807, 2.05) is 0 Å². The van der Waals surface area contributed by atoms with Gasteiger partial charge in [0, 0.05) is 39.8 Å². The minimum absolute atomic E-state index is 0.316. The fraction of sp³-hybridized carbons (Fsp3) is 1.00. The number of nitrogens with zero attached hydrogens (tertiary/aromatic N) is 2. The highest BCUT2D eigenvalue weighted by Gasteiger charge is 2.26. The van der Waals surface area contributed by atoms with Crippen LogP contribution in [-0.2, 0) is 4.74 Å². The summed E-state index contributed by atoms with van der Waals surface area (Å²) in [4.78, 5) is 4.54. The van der Waals surface area contributed by atoms with E-state index in [4.69, 9.17) is 4.74 Å². The molecule has 1 fully saturated rings. The summed E-state index contributed by atoms with van der Waals surface area (Å²) in [6.07, 6.45) is -1.88. The lowest BCUT2D eigenvalue weighted by Gasteiger charge is -2.35. The van der Waals surface area contributed by atoms with Crippen molar-refractivity contribution < 1.29 is 14.9 Å². The van der Waals surface area contributed by atoms with E-state index in [9.17, 15) is 10.2 Å². The van der Waals surface area contributed by atoms with Crippen LogP contribution in [-0.4, -0.2) is 85.2 Å². The Hall–Kier alpha value is -0.200. The number of hydrogen-bond donors (Lipinski definition) is 2. The van der Waals surface area contributed by atoms with E-state index in [0.717, 1.165) is 26.2 Å². The molecule has 5 heteroatoms. The number of ether oxygens (including phenoxy) is 1. The Morgan fingerprint density at radius 1 is 1.19 bits per heavy atom. The van der Waals surface area contributed by atoms with Crippen LogP contribution < -0.4 is 0 Å². The summed E-state index contributed by atoms with van der Waals surface area (Å²) >= 11 is 0. The molecule has 0 bridgehead atoms. The molecule has 0 aliphatic carbocycles. The van der Waals surface area contributed by atoms with E-state index in [1.165, 1.54) is 0 Å². The first kappa shape index (κ1) is 13.9. The Kier molecular flexibility index (Phi) is 5.64. The van der Waals surface area contributed by atoms with Crippen LogP contribution in [0.15, 0.2) is 0 Å². The third-order valence-electron chi connectivity index (χ3n) is 3.21. The third kappa shape index (κ3) is 3.99. The molecule has 1 rings (SSSR count). The predicted octanol–water partition coefficient (Wildman–Crippen LogP) is -1.01. The molecule has 1 heterocycles. The number of aliphatic hydroxyl groups excluding tert-OH is 2. The first-order chi connectivity index (χ1) is 7.54. The van der Waals surface area contributed by atoms with Gasteiger partial charge in [0.1, 0.15) is 6.10 Å². The Balaban J connectivity index is 2.38. The zero-order valence-electron chi connectivity index (χ0n) is 10.5. The monoisotopic (exact) mass is 232 g/mol. The highest BCUT2D eigenvalue weighted by molar-refractivity contribution is 4.79. The summed E-state index contributed by atoms with van der Waals surface area (Å²) in [7, 11) is 3.68. The number of piperazine rings is 1. The standard InChI is InChI=1S/C11H24N2O3/c1-9(14)11(15)10(16-3)8-13-6-4-12(2)5-7-13/h9-11,14-15H,4-8H2,1-3H3. The molecule has 0 spiro atoms. The van der Waals surface area contributed by atoms with Gasteiger partial charge in [-0.15, -0.1) is 0 Å². The maximum atomic E-state index is 9.76. The molecule has 3 unspecified atom stereocenters. The van der Waals surface area contributed by atoms with E-state index < -0.39 is 12.2 Å².